The summed E-state index contributed by atoms with van der Waals surface area (Å²) in [4.78, 5) is 31.4. The normalized spacial score (nSPS) is 10.3. The topological polar surface area (TPSA) is 93.3 Å². The zero-order chi connectivity index (χ0) is 19.2. The van der Waals surface area contributed by atoms with E-state index in [1.807, 2.05) is 30.3 Å². The molecule has 3 rings (SSSR count). The van der Waals surface area contributed by atoms with Gasteiger partial charge in [-0.2, -0.15) is 0 Å². The lowest BCUT2D eigenvalue weighted by molar-refractivity contribution is 0.0596. The van der Waals surface area contributed by atoms with Crippen LogP contribution in [0.25, 0.3) is 0 Å². The van der Waals surface area contributed by atoms with Crippen LogP contribution >= 0.6 is 0 Å². The quantitative estimate of drug-likeness (QED) is 0.654. The van der Waals surface area contributed by atoms with Crippen molar-refractivity contribution in [3.05, 3.63) is 77.2 Å². The highest BCUT2D eigenvalue weighted by Gasteiger charge is 2.18. The van der Waals surface area contributed by atoms with E-state index in [-0.39, 0.29) is 11.6 Å². The maximum atomic E-state index is 12.6. The molecule has 0 atom stereocenters. The summed E-state index contributed by atoms with van der Waals surface area (Å²) in [6.45, 7) is 2.13. The van der Waals surface area contributed by atoms with Gasteiger partial charge in [0.25, 0.3) is 5.91 Å². The van der Waals surface area contributed by atoms with Crippen molar-refractivity contribution in [3.63, 3.8) is 0 Å². The number of pyridine rings is 1. The van der Waals surface area contributed by atoms with Gasteiger partial charge in [0.05, 0.1) is 12.8 Å². The first-order valence-corrected chi connectivity index (χ1v) is 8.29. The number of anilines is 1. The molecule has 0 bridgehead atoms. The molecule has 0 unspecified atom stereocenters. The van der Waals surface area contributed by atoms with E-state index in [0.717, 1.165) is 11.3 Å². The number of rotatable bonds is 6. The molecule has 0 spiro atoms. The molecule has 0 fully saturated rings. The van der Waals surface area contributed by atoms with Crippen LogP contribution in [0.4, 0.5) is 5.69 Å². The van der Waals surface area contributed by atoms with Crippen LogP contribution in [-0.4, -0.2) is 29.0 Å². The largest absolute Gasteiger partial charge is 0.473 e. The Hall–Kier alpha value is -3.61. The predicted molar refractivity (Wildman–Crippen MR) is 99.8 cm³/mol. The number of esters is 1. The molecule has 1 aromatic carbocycles. The number of aromatic amines is 1. The first-order valence-electron chi connectivity index (χ1n) is 8.29. The molecule has 138 valence electrons. The number of methoxy groups -OCH3 is 1. The lowest BCUT2D eigenvalue weighted by Gasteiger charge is -2.08. The molecule has 7 nitrogen and oxygen atoms in total. The van der Waals surface area contributed by atoms with Crippen molar-refractivity contribution in [3.8, 4) is 5.88 Å². The highest BCUT2D eigenvalue weighted by atomic mass is 16.5. The third-order valence-corrected chi connectivity index (χ3v) is 3.82. The van der Waals surface area contributed by atoms with Crippen LogP contribution < -0.4 is 10.1 Å². The molecule has 27 heavy (non-hydrogen) atoms. The Morgan fingerprint density at radius 1 is 1.15 bits per heavy atom. The Bertz CT molecular complexity index is 951. The molecule has 0 radical (unpaired) electrons. The molecular formula is C20H19N3O4. The molecule has 0 saturated carbocycles. The first kappa shape index (κ1) is 18.2. The van der Waals surface area contributed by atoms with E-state index in [2.05, 4.69) is 15.3 Å². The fourth-order valence-electron chi connectivity index (χ4n) is 2.51. The van der Waals surface area contributed by atoms with E-state index < -0.39 is 5.97 Å². The van der Waals surface area contributed by atoms with Crippen molar-refractivity contribution in [1.29, 1.82) is 0 Å². The first-order chi connectivity index (χ1) is 13.1. The van der Waals surface area contributed by atoms with E-state index in [1.54, 1.807) is 25.1 Å². The Morgan fingerprint density at radius 2 is 1.93 bits per heavy atom. The fraction of sp³-hybridized carbons (Fsp3) is 0.150. The smallest absolute Gasteiger partial charge is 0.356 e. The van der Waals surface area contributed by atoms with Gasteiger partial charge in [-0.25, -0.2) is 9.78 Å². The Labute approximate surface area is 156 Å². The number of benzene rings is 1. The van der Waals surface area contributed by atoms with Crippen molar-refractivity contribution < 1.29 is 19.1 Å². The number of hydrogen-bond acceptors (Lipinski definition) is 5. The SMILES string of the molecule is COC(=O)c1[nH]c(C)cc1NC(=O)c1ccnc(OCc2ccccc2)c1. The summed E-state index contributed by atoms with van der Waals surface area (Å²) in [7, 11) is 1.28. The summed E-state index contributed by atoms with van der Waals surface area (Å²) in [5.74, 6) is -0.601. The van der Waals surface area contributed by atoms with Gasteiger partial charge in [0.2, 0.25) is 5.88 Å². The van der Waals surface area contributed by atoms with E-state index in [9.17, 15) is 9.59 Å². The molecule has 1 amide bonds. The van der Waals surface area contributed by atoms with Crippen LogP contribution in [0.2, 0.25) is 0 Å². The molecule has 3 aromatic rings. The number of ether oxygens (including phenoxy) is 2. The Balaban J connectivity index is 1.71. The number of aromatic nitrogens is 2. The molecule has 7 heteroatoms. The van der Waals surface area contributed by atoms with Crippen molar-refractivity contribution in [2.45, 2.75) is 13.5 Å². The second-order valence-corrected chi connectivity index (χ2v) is 5.84. The molecule has 0 aliphatic carbocycles. The Morgan fingerprint density at radius 3 is 2.67 bits per heavy atom. The van der Waals surface area contributed by atoms with E-state index in [4.69, 9.17) is 9.47 Å². The number of nitrogens with one attached hydrogen (secondary N) is 2. The fourth-order valence-corrected chi connectivity index (χ4v) is 2.51. The van der Waals surface area contributed by atoms with Gasteiger partial charge in [-0.3, -0.25) is 4.79 Å². The van der Waals surface area contributed by atoms with Crippen LogP contribution in [-0.2, 0) is 11.3 Å². The number of hydrogen-bond donors (Lipinski definition) is 2. The van der Waals surface area contributed by atoms with Crippen molar-refractivity contribution >= 4 is 17.6 Å². The number of H-pyrrole nitrogens is 1. The highest BCUT2D eigenvalue weighted by molar-refractivity contribution is 6.07. The van der Waals surface area contributed by atoms with E-state index >= 15 is 0 Å². The van der Waals surface area contributed by atoms with Crippen molar-refractivity contribution in [2.24, 2.45) is 0 Å². The summed E-state index contributed by atoms with van der Waals surface area (Å²) in [6, 6.07) is 14.5. The minimum Gasteiger partial charge on any atom is -0.473 e. The van der Waals surface area contributed by atoms with E-state index in [1.165, 1.54) is 13.3 Å². The van der Waals surface area contributed by atoms with Gasteiger partial charge in [-0.15, -0.1) is 0 Å². The van der Waals surface area contributed by atoms with Gasteiger partial charge in [-0.1, -0.05) is 30.3 Å². The Kier molecular flexibility index (Phi) is 5.51. The third-order valence-electron chi connectivity index (χ3n) is 3.82. The van der Waals surface area contributed by atoms with Crippen LogP contribution in [0.15, 0.2) is 54.7 Å². The lowest BCUT2D eigenvalue weighted by Crippen LogP contribution is -2.15. The maximum absolute atomic E-state index is 12.6. The van der Waals surface area contributed by atoms with Gasteiger partial charge in [0, 0.05) is 23.5 Å². The second-order valence-electron chi connectivity index (χ2n) is 5.84. The molecule has 2 N–H and O–H groups in total. The number of nitrogens with zero attached hydrogens (tertiary/aromatic N) is 1. The molecule has 0 aliphatic heterocycles. The number of carbonyl (C=O) groups excluding carboxylic acids is 2. The average Bonchev–Trinajstić information content (AvgIpc) is 3.07. The predicted octanol–water partition coefficient (Wildman–Crippen LogP) is 3.34. The van der Waals surface area contributed by atoms with Crippen LogP contribution in [0.5, 0.6) is 5.88 Å². The zero-order valence-electron chi connectivity index (χ0n) is 15.0. The third kappa shape index (κ3) is 4.52. The summed E-state index contributed by atoms with van der Waals surface area (Å²) in [6.07, 6.45) is 1.50. The van der Waals surface area contributed by atoms with Gasteiger partial charge >= 0.3 is 5.97 Å². The summed E-state index contributed by atoms with van der Waals surface area (Å²) < 4.78 is 10.4. The number of carbonyl (C=O) groups is 2. The maximum Gasteiger partial charge on any atom is 0.356 e. The molecule has 2 aromatic heterocycles. The van der Waals surface area contributed by atoms with Gasteiger partial charge in [0.15, 0.2) is 0 Å². The minimum absolute atomic E-state index is 0.193. The van der Waals surface area contributed by atoms with Crippen molar-refractivity contribution in [2.75, 3.05) is 12.4 Å². The zero-order valence-corrected chi connectivity index (χ0v) is 15.0. The van der Waals surface area contributed by atoms with Gasteiger partial charge in [-0.05, 0) is 24.6 Å². The molecular weight excluding hydrogens is 346 g/mol. The minimum atomic E-state index is -0.556. The van der Waals surface area contributed by atoms with E-state index in [0.29, 0.717) is 23.7 Å². The number of amides is 1. The summed E-state index contributed by atoms with van der Waals surface area (Å²) in [5.41, 5.74) is 2.64. The van der Waals surface area contributed by atoms with Gasteiger partial charge < -0.3 is 19.8 Å². The molecule has 0 aliphatic rings. The monoisotopic (exact) mass is 365 g/mol. The second kappa shape index (κ2) is 8.18. The van der Waals surface area contributed by atoms with Gasteiger partial charge in [0.1, 0.15) is 12.3 Å². The van der Waals surface area contributed by atoms with Crippen molar-refractivity contribution in [1.82, 2.24) is 9.97 Å². The molecule has 2 heterocycles. The van der Waals surface area contributed by atoms with Crippen LogP contribution in [0.3, 0.4) is 0 Å². The summed E-state index contributed by atoms with van der Waals surface area (Å²) >= 11 is 0. The van der Waals surface area contributed by atoms with Crippen LogP contribution in [0.1, 0.15) is 32.1 Å². The standard InChI is InChI=1S/C20H19N3O4/c1-13-10-16(18(22-13)20(25)26-2)23-19(24)15-8-9-21-17(11-15)27-12-14-6-4-3-5-7-14/h3-11,22H,12H2,1-2H3,(H,23,24). The summed E-state index contributed by atoms with van der Waals surface area (Å²) in [5, 5.41) is 2.71. The molecule has 0 saturated heterocycles. The highest BCUT2D eigenvalue weighted by Crippen LogP contribution is 2.20. The lowest BCUT2D eigenvalue weighted by atomic mass is 10.2. The van der Waals surface area contributed by atoms with Crippen LogP contribution in [0, 0.1) is 6.92 Å². The number of aryl methyl sites for hydroxylation is 1. The average molecular weight is 365 g/mol.